The van der Waals surface area contributed by atoms with Gasteiger partial charge in [-0.05, 0) is 41.6 Å². The number of aromatic nitrogens is 2. The maximum atomic E-state index is 4.47. The lowest BCUT2D eigenvalue weighted by Crippen LogP contribution is -2.02. The zero-order valence-corrected chi connectivity index (χ0v) is 11.8. The Bertz CT molecular complexity index is 531. The molecule has 17 heavy (non-hydrogen) atoms. The molecule has 0 bridgehead atoms. The molecule has 0 spiro atoms. The van der Waals surface area contributed by atoms with Crippen molar-refractivity contribution in [2.45, 2.75) is 13.5 Å². The zero-order chi connectivity index (χ0) is 12.3. The smallest absolute Gasteiger partial charge is 0.207 e. The summed E-state index contributed by atoms with van der Waals surface area (Å²) in [4.78, 5) is 4.47. The van der Waals surface area contributed by atoms with Gasteiger partial charge in [-0.15, -0.1) is 6.58 Å². The van der Waals surface area contributed by atoms with Gasteiger partial charge in [0.1, 0.15) is 0 Å². The van der Waals surface area contributed by atoms with E-state index in [1.165, 1.54) is 3.57 Å². The summed E-state index contributed by atoms with van der Waals surface area (Å²) in [6.45, 7) is 6.50. The fourth-order valence-electron chi connectivity index (χ4n) is 1.61. The fourth-order valence-corrected chi connectivity index (χ4v) is 2.13. The Kier molecular flexibility index (Phi) is 3.83. The molecule has 0 fully saturated rings. The van der Waals surface area contributed by atoms with Gasteiger partial charge in [0, 0.05) is 16.3 Å². The molecular formula is C13H14IN3. The average molecular weight is 339 g/mol. The highest BCUT2D eigenvalue weighted by Crippen LogP contribution is 2.21. The van der Waals surface area contributed by atoms with E-state index in [0.717, 1.165) is 23.9 Å². The number of nitrogens with one attached hydrogen (secondary N) is 1. The van der Waals surface area contributed by atoms with Gasteiger partial charge < -0.3 is 9.88 Å². The van der Waals surface area contributed by atoms with Crippen LogP contribution in [0.15, 0.2) is 43.1 Å². The van der Waals surface area contributed by atoms with E-state index in [4.69, 9.17) is 0 Å². The van der Waals surface area contributed by atoms with E-state index < -0.39 is 0 Å². The van der Waals surface area contributed by atoms with Gasteiger partial charge in [-0.1, -0.05) is 18.2 Å². The quantitative estimate of drug-likeness (QED) is 0.680. The number of anilines is 2. The molecule has 2 aromatic rings. The number of benzene rings is 1. The van der Waals surface area contributed by atoms with E-state index in [1.54, 1.807) is 0 Å². The highest BCUT2D eigenvalue weighted by atomic mass is 127. The molecule has 0 aliphatic heterocycles. The van der Waals surface area contributed by atoms with Crippen LogP contribution in [0.25, 0.3) is 0 Å². The summed E-state index contributed by atoms with van der Waals surface area (Å²) < 4.78 is 3.22. The SMILES string of the molecule is C=CCn1cc(C)nc1Nc1ccccc1I. The van der Waals surface area contributed by atoms with E-state index in [1.807, 2.05) is 42.0 Å². The van der Waals surface area contributed by atoms with Crippen LogP contribution < -0.4 is 5.32 Å². The van der Waals surface area contributed by atoms with Crippen molar-refractivity contribution >= 4 is 34.2 Å². The van der Waals surface area contributed by atoms with Crippen molar-refractivity contribution < 1.29 is 0 Å². The number of nitrogens with zero attached hydrogens (tertiary/aromatic N) is 2. The van der Waals surface area contributed by atoms with Gasteiger partial charge in [0.15, 0.2) is 0 Å². The molecule has 1 aromatic heterocycles. The predicted molar refractivity (Wildman–Crippen MR) is 79.6 cm³/mol. The summed E-state index contributed by atoms with van der Waals surface area (Å²) in [6, 6.07) is 8.15. The average Bonchev–Trinajstić information content (AvgIpc) is 2.63. The molecule has 0 saturated heterocycles. The first-order chi connectivity index (χ1) is 8.20. The number of para-hydroxylation sites is 1. The number of hydrogen-bond acceptors (Lipinski definition) is 2. The first-order valence-electron chi connectivity index (χ1n) is 5.37. The lowest BCUT2D eigenvalue weighted by atomic mass is 10.3. The highest BCUT2D eigenvalue weighted by molar-refractivity contribution is 14.1. The van der Waals surface area contributed by atoms with Gasteiger partial charge in [-0.25, -0.2) is 4.98 Å². The molecule has 1 N–H and O–H groups in total. The number of aryl methyl sites for hydroxylation is 1. The van der Waals surface area contributed by atoms with Crippen LogP contribution >= 0.6 is 22.6 Å². The minimum Gasteiger partial charge on any atom is -0.325 e. The minimum absolute atomic E-state index is 0.757. The molecule has 0 amide bonds. The summed E-state index contributed by atoms with van der Waals surface area (Å²) in [5, 5.41) is 3.34. The van der Waals surface area contributed by atoms with Gasteiger partial charge in [-0.3, -0.25) is 0 Å². The van der Waals surface area contributed by atoms with Crippen molar-refractivity contribution in [2.75, 3.05) is 5.32 Å². The third-order valence-corrected chi connectivity index (χ3v) is 3.28. The second-order valence-corrected chi connectivity index (χ2v) is 4.91. The standard InChI is InChI=1S/C13H14IN3/c1-3-8-17-9-10(2)15-13(17)16-12-7-5-4-6-11(12)14/h3-7,9H,1,8H2,2H3,(H,15,16). The summed E-state index contributed by atoms with van der Waals surface area (Å²) in [5.41, 5.74) is 2.07. The molecular weight excluding hydrogens is 325 g/mol. The Morgan fingerprint density at radius 2 is 2.24 bits per heavy atom. The summed E-state index contributed by atoms with van der Waals surface area (Å²) in [5.74, 6) is 0.853. The van der Waals surface area contributed by atoms with E-state index >= 15 is 0 Å². The van der Waals surface area contributed by atoms with Crippen LogP contribution in [0.3, 0.4) is 0 Å². The van der Waals surface area contributed by atoms with Crippen molar-refractivity contribution in [1.82, 2.24) is 9.55 Å². The number of rotatable bonds is 4. The van der Waals surface area contributed by atoms with Crippen LogP contribution in [0.4, 0.5) is 11.6 Å². The molecule has 0 aliphatic rings. The maximum absolute atomic E-state index is 4.47. The van der Waals surface area contributed by atoms with Gasteiger partial charge in [0.05, 0.1) is 11.4 Å². The highest BCUT2D eigenvalue weighted by Gasteiger charge is 2.06. The molecule has 4 heteroatoms. The lowest BCUT2D eigenvalue weighted by Gasteiger charge is -2.09. The monoisotopic (exact) mass is 339 g/mol. The van der Waals surface area contributed by atoms with Crippen LogP contribution in [0, 0.1) is 10.5 Å². The Morgan fingerprint density at radius 3 is 2.94 bits per heavy atom. The van der Waals surface area contributed by atoms with Gasteiger partial charge >= 0.3 is 0 Å². The number of allylic oxidation sites excluding steroid dienone is 1. The minimum atomic E-state index is 0.757. The number of halogens is 1. The number of hydrogen-bond donors (Lipinski definition) is 1. The third-order valence-electron chi connectivity index (χ3n) is 2.34. The molecule has 0 saturated carbocycles. The Balaban J connectivity index is 2.29. The first kappa shape index (κ1) is 12.2. The van der Waals surface area contributed by atoms with E-state index in [2.05, 4.69) is 45.5 Å². The zero-order valence-electron chi connectivity index (χ0n) is 9.65. The van der Waals surface area contributed by atoms with Crippen LogP contribution in [0.1, 0.15) is 5.69 Å². The Hall–Kier alpha value is -1.30. The van der Waals surface area contributed by atoms with Crippen molar-refractivity contribution in [1.29, 1.82) is 0 Å². The van der Waals surface area contributed by atoms with Gasteiger partial charge in [-0.2, -0.15) is 0 Å². The van der Waals surface area contributed by atoms with Crippen molar-refractivity contribution in [3.8, 4) is 0 Å². The molecule has 0 aliphatic carbocycles. The van der Waals surface area contributed by atoms with Crippen LogP contribution in [0.5, 0.6) is 0 Å². The molecule has 0 atom stereocenters. The summed E-state index contributed by atoms with van der Waals surface area (Å²) in [6.07, 6.45) is 3.88. The largest absolute Gasteiger partial charge is 0.325 e. The van der Waals surface area contributed by atoms with Crippen molar-refractivity contribution in [3.63, 3.8) is 0 Å². The second kappa shape index (κ2) is 5.35. The molecule has 1 aromatic carbocycles. The Labute approximate surface area is 115 Å². The molecule has 0 radical (unpaired) electrons. The Morgan fingerprint density at radius 1 is 1.47 bits per heavy atom. The normalized spacial score (nSPS) is 10.2. The molecule has 2 rings (SSSR count). The predicted octanol–water partition coefficient (Wildman–Crippen LogP) is 3.73. The van der Waals surface area contributed by atoms with Crippen molar-refractivity contribution in [3.05, 3.63) is 52.4 Å². The number of imidazole rings is 1. The van der Waals surface area contributed by atoms with E-state index in [0.29, 0.717) is 0 Å². The topological polar surface area (TPSA) is 29.9 Å². The third kappa shape index (κ3) is 2.88. The summed E-state index contributed by atoms with van der Waals surface area (Å²) >= 11 is 2.31. The second-order valence-electron chi connectivity index (χ2n) is 3.75. The van der Waals surface area contributed by atoms with Crippen LogP contribution in [0.2, 0.25) is 0 Å². The molecule has 0 unspecified atom stereocenters. The molecule has 1 heterocycles. The maximum Gasteiger partial charge on any atom is 0.207 e. The fraction of sp³-hybridized carbons (Fsp3) is 0.154. The van der Waals surface area contributed by atoms with Crippen LogP contribution in [-0.2, 0) is 6.54 Å². The lowest BCUT2D eigenvalue weighted by molar-refractivity contribution is 0.832. The first-order valence-corrected chi connectivity index (χ1v) is 6.45. The molecule has 3 nitrogen and oxygen atoms in total. The molecule has 88 valence electrons. The summed E-state index contributed by atoms with van der Waals surface area (Å²) in [7, 11) is 0. The van der Waals surface area contributed by atoms with Gasteiger partial charge in [0.25, 0.3) is 0 Å². The van der Waals surface area contributed by atoms with Gasteiger partial charge in [0.2, 0.25) is 5.95 Å². The van der Waals surface area contributed by atoms with E-state index in [9.17, 15) is 0 Å². The van der Waals surface area contributed by atoms with Crippen molar-refractivity contribution in [2.24, 2.45) is 0 Å². The van der Waals surface area contributed by atoms with Crippen LogP contribution in [-0.4, -0.2) is 9.55 Å². The van der Waals surface area contributed by atoms with E-state index in [-0.39, 0.29) is 0 Å².